The Morgan fingerprint density at radius 2 is 2.17 bits per heavy atom. The summed E-state index contributed by atoms with van der Waals surface area (Å²) in [5.41, 5.74) is -0.263. The van der Waals surface area contributed by atoms with Crippen molar-refractivity contribution >= 4 is 28.3 Å². The molecule has 0 spiro atoms. The lowest BCUT2D eigenvalue weighted by atomic mass is 10.1. The van der Waals surface area contributed by atoms with E-state index in [9.17, 15) is 9.59 Å². The first-order valence-corrected chi connectivity index (χ1v) is 8.64. The van der Waals surface area contributed by atoms with Crippen molar-refractivity contribution in [1.29, 1.82) is 0 Å². The van der Waals surface area contributed by atoms with Crippen LogP contribution in [0.4, 0.5) is 5.13 Å². The van der Waals surface area contributed by atoms with Gasteiger partial charge in [0.15, 0.2) is 0 Å². The lowest BCUT2D eigenvalue weighted by Crippen LogP contribution is -2.42. The monoisotopic (exact) mass is 340 g/mol. The summed E-state index contributed by atoms with van der Waals surface area (Å²) in [5.74, 6) is -0.484. The van der Waals surface area contributed by atoms with Gasteiger partial charge in [-0.15, -0.1) is 10.2 Å². The smallest absolute Gasteiger partial charge is 0.231 e. The predicted molar refractivity (Wildman–Crippen MR) is 88.3 cm³/mol. The first-order chi connectivity index (χ1) is 10.8. The molecule has 1 aliphatic heterocycles. The Kier molecular flexibility index (Phi) is 5.69. The average molecular weight is 340 g/mol. The van der Waals surface area contributed by atoms with Crippen molar-refractivity contribution in [1.82, 2.24) is 15.1 Å². The van der Waals surface area contributed by atoms with Gasteiger partial charge in [-0.25, -0.2) is 0 Å². The third kappa shape index (κ3) is 4.71. The van der Waals surface area contributed by atoms with Gasteiger partial charge in [0.1, 0.15) is 5.01 Å². The van der Waals surface area contributed by atoms with Crippen LogP contribution >= 0.6 is 11.3 Å². The van der Waals surface area contributed by atoms with Crippen LogP contribution in [0.3, 0.4) is 0 Å². The number of anilines is 1. The lowest BCUT2D eigenvalue weighted by molar-refractivity contribution is -0.131. The Labute approximate surface area is 140 Å². The maximum atomic E-state index is 12.3. The molecular formula is C15H24N4O3S. The first kappa shape index (κ1) is 17.8. The van der Waals surface area contributed by atoms with Crippen LogP contribution in [0.1, 0.15) is 39.1 Å². The van der Waals surface area contributed by atoms with E-state index in [1.807, 2.05) is 27.7 Å². The maximum absolute atomic E-state index is 12.3. The summed E-state index contributed by atoms with van der Waals surface area (Å²) in [6.45, 7) is 9.57. The van der Waals surface area contributed by atoms with Crippen molar-refractivity contribution in [3.05, 3.63) is 5.01 Å². The van der Waals surface area contributed by atoms with Gasteiger partial charge in [-0.1, -0.05) is 11.3 Å². The molecule has 0 radical (unpaired) electrons. The maximum Gasteiger partial charge on any atom is 0.231 e. The van der Waals surface area contributed by atoms with Crippen LogP contribution in [-0.4, -0.2) is 52.2 Å². The molecular weight excluding hydrogens is 316 g/mol. The summed E-state index contributed by atoms with van der Waals surface area (Å²) in [5, 5.41) is 12.1. The number of rotatable bonds is 6. The van der Waals surface area contributed by atoms with Gasteiger partial charge < -0.3 is 15.0 Å². The second kappa shape index (κ2) is 7.35. The Hall–Kier alpha value is -1.54. The average Bonchev–Trinajstić information content (AvgIpc) is 3.05. The molecule has 0 aliphatic carbocycles. The van der Waals surface area contributed by atoms with Gasteiger partial charge in [0, 0.05) is 31.5 Å². The molecule has 8 heteroatoms. The fourth-order valence-electron chi connectivity index (χ4n) is 2.45. The van der Waals surface area contributed by atoms with Gasteiger partial charge >= 0.3 is 0 Å². The van der Waals surface area contributed by atoms with Crippen molar-refractivity contribution in [3.8, 4) is 0 Å². The normalized spacial score (nSPS) is 18.5. The Morgan fingerprint density at radius 1 is 1.43 bits per heavy atom. The molecule has 0 aromatic carbocycles. The number of nitrogens with zero attached hydrogens (tertiary/aromatic N) is 3. The van der Waals surface area contributed by atoms with Crippen LogP contribution in [0.15, 0.2) is 0 Å². The Balaban J connectivity index is 1.89. The Bertz CT molecular complexity index is 567. The quantitative estimate of drug-likeness (QED) is 0.797. The molecule has 1 atom stereocenters. The van der Waals surface area contributed by atoms with E-state index in [0.29, 0.717) is 31.3 Å². The van der Waals surface area contributed by atoms with Crippen molar-refractivity contribution < 1.29 is 14.3 Å². The van der Waals surface area contributed by atoms with E-state index in [4.69, 9.17) is 4.74 Å². The van der Waals surface area contributed by atoms with E-state index in [0.717, 1.165) is 5.01 Å². The van der Waals surface area contributed by atoms with Gasteiger partial charge in [-0.3, -0.25) is 9.59 Å². The highest BCUT2D eigenvalue weighted by atomic mass is 32.1. The molecule has 1 aliphatic rings. The van der Waals surface area contributed by atoms with E-state index < -0.39 is 0 Å². The van der Waals surface area contributed by atoms with Crippen LogP contribution < -0.4 is 5.32 Å². The molecule has 7 nitrogen and oxygen atoms in total. The van der Waals surface area contributed by atoms with Crippen LogP contribution in [0, 0.1) is 5.92 Å². The zero-order chi connectivity index (χ0) is 17.0. The highest BCUT2D eigenvalue weighted by Crippen LogP contribution is 2.27. The minimum atomic E-state index is -0.336. The summed E-state index contributed by atoms with van der Waals surface area (Å²) >= 11 is 1.34. The standard InChI is InChI=1S/C15H24N4O3S/c1-5-22-7-6-11-17-18-14(23-11)16-13(21)10-8-12(20)19(9-10)15(2,3)4/h10H,5-9H2,1-4H3,(H,16,18,21)/t10-/m1/s1. The van der Waals surface area contributed by atoms with Crippen molar-refractivity contribution in [2.24, 2.45) is 5.92 Å². The number of carbonyl (C=O) groups excluding carboxylic acids is 2. The number of carbonyl (C=O) groups is 2. The zero-order valence-corrected chi connectivity index (χ0v) is 14.9. The molecule has 1 aromatic heterocycles. The second-order valence-electron chi connectivity index (χ2n) is 6.51. The van der Waals surface area contributed by atoms with Crippen molar-refractivity contribution in [3.63, 3.8) is 0 Å². The highest BCUT2D eigenvalue weighted by Gasteiger charge is 2.39. The number of aromatic nitrogens is 2. The molecule has 1 aromatic rings. The number of hydrogen-bond acceptors (Lipinski definition) is 6. The number of ether oxygens (including phenoxy) is 1. The first-order valence-electron chi connectivity index (χ1n) is 7.82. The molecule has 1 saturated heterocycles. The molecule has 2 rings (SSSR count). The van der Waals surface area contributed by atoms with E-state index in [-0.39, 0.29) is 29.7 Å². The predicted octanol–water partition coefficient (Wildman–Crippen LogP) is 1.70. The fraction of sp³-hybridized carbons (Fsp3) is 0.733. The molecule has 1 fully saturated rings. The van der Waals surface area contributed by atoms with Crippen LogP contribution in [0.2, 0.25) is 0 Å². The molecule has 128 valence electrons. The van der Waals surface area contributed by atoms with Crippen LogP contribution in [0.5, 0.6) is 0 Å². The van der Waals surface area contributed by atoms with Crippen LogP contribution in [0.25, 0.3) is 0 Å². The topological polar surface area (TPSA) is 84.4 Å². The fourth-order valence-corrected chi connectivity index (χ4v) is 3.17. The van der Waals surface area contributed by atoms with E-state index in [1.165, 1.54) is 11.3 Å². The summed E-state index contributed by atoms with van der Waals surface area (Å²) in [4.78, 5) is 26.1. The largest absolute Gasteiger partial charge is 0.381 e. The van der Waals surface area contributed by atoms with Crippen LogP contribution in [-0.2, 0) is 20.7 Å². The van der Waals surface area contributed by atoms with Crippen molar-refractivity contribution in [2.45, 2.75) is 46.1 Å². The lowest BCUT2D eigenvalue weighted by Gasteiger charge is -2.31. The third-order valence-electron chi connectivity index (χ3n) is 3.67. The zero-order valence-electron chi connectivity index (χ0n) is 14.1. The summed E-state index contributed by atoms with van der Waals surface area (Å²) in [6.07, 6.45) is 0.931. The summed E-state index contributed by atoms with van der Waals surface area (Å²) in [7, 11) is 0. The SMILES string of the molecule is CCOCCc1nnc(NC(=O)[C@@H]2CC(=O)N(C(C)(C)C)C2)s1. The van der Waals surface area contributed by atoms with Gasteiger partial charge in [0.25, 0.3) is 0 Å². The van der Waals surface area contributed by atoms with Crippen molar-refractivity contribution in [2.75, 3.05) is 25.1 Å². The number of nitrogens with one attached hydrogen (secondary N) is 1. The third-order valence-corrected chi connectivity index (χ3v) is 4.57. The molecule has 0 saturated carbocycles. The second-order valence-corrected chi connectivity index (χ2v) is 7.58. The molecule has 23 heavy (non-hydrogen) atoms. The van der Waals surface area contributed by atoms with Gasteiger partial charge in [-0.2, -0.15) is 0 Å². The van der Waals surface area contributed by atoms with Gasteiger partial charge in [0.05, 0.1) is 12.5 Å². The van der Waals surface area contributed by atoms with Gasteiger partial charge in [-0.05, 0) is 27.7 Å². The molecule has 1 N–H and O–H groups in total. The molecule has 2 heterocycles. The number of likely N-dealkylation sites (tertiary alicyclic amines) is 1. The number of amides is 2. The highest BCUT2D eigenvalue weighted by molar-refractivity contribution is 7.15. The molecule has 2 amide bonds. The van der Waals surface area contributed by atoms with E-state index >= 15 is 0 Å². The van der Waals surface area contributed by atoms with Gasteiger partial charge in [0.2, 0.25) is 16.9 Å². The van der Waals surface area contributed by atoms with E-state index in [2.05, 4.69) is 15.5 Å². The molecule has 0 bridgehead atoms. The summed E-state index contributed by atoms with van der Waals surface area (Å²) in [6, 6.07) is 0. The number of hydrogen-bond donors (Lipinski definition) is 1. The molecule has 0 unspecified atom stereocenters. The Morgan fingerprint density at radius 3 is 2.78 bits per heavy atom. The van der Waals surface area contributed by atoms with E-state index in [1.54, 1.807) is 4.90 Å². The minimum absolute atomic E-state index is 0.0207. The minimum Gasteiger partial charge on any atom is -0.381 e. The summed E-state index contributed by atoms with van der Waals surface area (Å²) < 4.78 is 5.27.